The number of para-hydroxylation sites is 1. The van der Waals surface area contributed by atoms with Gasteiger partial charge in [-0.05, 0) is 99.4 Å². The molecule has 2 fully saturated rings. The van der Waals surface area contributed by atoms with Gasteiger partial charge in [-0.1, -0.05) is 59.6 Å². The van der Waals surface area contributed by atoms with Gasteiger partial charge in [0.2, 0.25) is 23.6 Å². The number of aliphatic hydroxyl groups is 1. The Kier molecular flexibility index (Phi) is 14.9. The van der Waals surface area contributed by atoms with Gasteiger partial charge >= 0.3 is 0 Å². The molecule has 5 atom stereocenters. The van der Waals surface area contributed by atoms with Crippen molar-refractivity contribution in [1.82, 2.24) is 34.5 Å². The standard InChI is InChI=1S/C51H57Cl2N7O7/c1-32-49(63)55-43(30-61)51(65)57(3)38(23-33-11-16-36(52)17-12-33)28-56(2)50(64)41(42-31-66-45-10-6-5-9-40(42)45)25-48(62)60(32)27-35-13-18-37(53)24-46(35)67-39-19-14-34(15-20-39)44-26-54-47(58(44)4)29-59-21-7-8-22-59/h5-6,9-20,24,26,32,38,41-43,61H,7-8,21-23,25,27-31H2,1-4H3,(H,55,63)/t32-,38+,41-,42-,43-/m0/s1. The molecule has 0 unspecified atom stereocenters. The summed E-state index contributed by atoms with van der Waals surface area (Å²) in [6, 6.07) is 24.3. The van der Waals surface area contributed by atoms with Crippen molar-refractivity contribution in [3.05, 3.63) is 130 Å². The van der Waals surface area contributed by atoms with E-state index < -0.39 is 54.3 Å². The van der Waals surface area contributed by atoms with Crippen LogP contribution in [0.4, 0.5) is 0 Å². The van der Waals surface area contributed by atoms with Crippen molar-refractivity contribution in [2.24, 2.45) is 13.0 Å². The van der Waals surface area contributed by atoms with Gasteiger partial charge in [0.15, 0.2) is 0 Å². The fourth-order valence-electron chi connectivity index (χ4n) is 9.38. The van der Waals surface area contributed by atoms with Crippen LogP contribution in [-0.4, -0.2) is 123 Å². The molecule has 3 aliphatic heterocycles. The normalized spacial score (nSPS) is 22.1. The third-order valence-corrected chi connectivity index (χ3v) is 13.9. The summed E-state index contributed by atoms with van der Waals surface area (Å²) >= 11 is 12.8. The molecule has 2 saturated heterocycles. The van der Waals surface area contributed by atoms with Gasteiger partial charge in [-0.2, -0.15) is 0 Å². The number of carbonyl (C=O) groups excluding carboxylic acids is 4. The Hall–Kier alpha value is -5.93. The van der Waals surface area contributed by atoms with E-state index in [1.807, 2.05) is 73.9 Å². The molecule has 5 aromatic rings. The molecule has 0 spiro atoms. The first-order valence-electron chi connectivity index (χ1n) is 22.8. The van der Waals surface area contributed by atoms with Crippen molar-refractivity contribution in [3.8, 4) is 28.5 Å². The van der Waals surface area contributed by atoms with Crippen LogP contribution in [0.3, 0.4) is 0 Å². The number of carbonyl (C=O) groups is 4. The highest BCUT2D eigenvalue weighted by Crippen LogP contribution is 2.41. The number of hydrogen-bond donors (Lipinski definition) is 2. The smallest absolute Gasteiger partial charge is 0.247 e. The fraction of sp³-hybridized carbons (Fsp3) is 0.392. The average molecular weight is 951 g/mol. The summed E-state index contributed by atoms with van der Waals surface area (Å²) in [5.41, 5.74) is 4.15. The molecule has 8 rings (SSSR count). The lowest BCUT2D eigenvalue weighted by molar-refractivity contribution is -0.148. The molecule has 16 heteroatoms. The summed E-state index contributed by atoms with van der Waals surface area (Å²) in [4.78, 5) is 70.0. The second-order valence-corrected chi connectivity index (χ2v) is 18.7. The van der Waals surface area contributed by atoms with Crippen molar-refractivity contribution >= 4 is 46.8 Å². The number of halogens is 2. The van der Waals surface area contributed by atoms with E-state index in [-0.39, 0.29) is 32.0 Å². The van der Waals surface area contributed by atoms with Gasteiger partial charge in [0.1, 0.15) is 35.2 Å². The van der Waals surface area contributed by atoms with E-state index >= 15 is 4.79 Å². The summed E-state index contributed by atoms with van der Waals surface area (Å²) < 4.78 is 14.7. The van der Waals surface area contributed by atoms with Crippen molar-refractivity contribution in [2.75, 3.05) is 46.9 Å². The molecule has 4 aromatic carbocycles. The number of benzene rings is 4. The maximum absolute atomic E-state index is 15.0. The number of rotatable bonds is 11. The number of likely N-dealkylation sites (N-methyl/N-ethyl adjacent to an activating group) is 2. The summed E-state index contributed by atoms with van der Waals surface area (Å²) in [6.45, 7) is 3.96. The van der Waals surface area contributed by atoms with Crippen molar-refractivity contribution in [2.45, 2.75) is 69.7 Å². The molecule has 0 bridgehead atoms. The number of aliphatic hydroxyl groups excluding tert-OH is 1. The molecule has 67 heavy (non-hydrogen) atoms. The zero-order valence-corrected chi connectivity index (χ0v) is 39.8. The van der Waals surface area contributed by atoms with E-state index in [9.17, 15) is 19.5 Å². The van der Waals surface area contributed by atoms with Gasteiger partial charge in [-0.3, -0.25) is 24.1 Å². The lowest BCUT2D eigenvalue weighted by Gasteiger charge is -2.37. The first-order valence-corrected chi connectivity index (χ1v) is 23.5. The van der Waals surface area contributed by atoms with Gasteiger partial charge in [0, 0.05) is 66.8 Å². The largest absolute Gasteiger partial charge is 0.493 e. The minimum atomic E-state index is -1.34. The topological polar surface area (TPSA) is 150 Å². The Labute approximate surface area is 401 Å². The number of aromatic nitrogens is 2. The molecular formula is C51H57Cl2N7O7. The zero-order chi connectivity index (χ0) is 47.4. The quantitative estimate of drug-likeness (QED) is 0.148. The predicted octanol–water partition coefficient (Wildman–Crippen LogP) is 6.70. The fourth-order valence-corrected chi connectivity index (χ4v) is 9.67. The maximum Gasteiger partial charge on any atom is 0.247 e. The second-order valence-electron chi connectivity index (χ2n) is 17.8. The van der Waals surface area contributed by atoms with Crippen LogP contribution in [0, 0.1) is 5.92 Å². The number of ether oxygens (including phenoxy) is 2. The molecule has 0 aliphatic carbocycles. The van der Waals surface area contributed by atoms with E-state index in [1.165, 1.54) is 22.6 Å². The van der Waals surface area contributed by atoms with Gasteiger partial charge in [0.25, 0.3) is 0 Å². The molecule has 4 amide bonds. The molecule has 352 valence electrons. The summed E-state index contributed by atoms with van der Waals surface area (Å²) in [7, 11) is 5.29. The van der Waals surface area contributed by atoms with Gasteiger partial charge in [0.05, 0.1) is 50.2 Å². The minimum absolute atomic E-state index is 0.0874. The lowest BCUT2D eigenvalue weighted by Crippen LogP contribution is -2.58. The maximum atomic E-state index is 15.0. The Morgan fingerprint density at radius 2 is 1.57 bits per heavy atom. The molecule has 14 nitrogen and oxygen atoms in total. The number of hydrogen-bond acceptors (Lipinski definition) is 9. The van der Waals surface area contributed by atoms with Gasteiger partial charge in [-0.15, -0.1) is 0 Å². The van der Waals surface area contributed by atoms with Crippen LogP contribution in [0.25, 0.3) is 11.3 Å². The third-order valence-electron chi connectivity index (χ3n) is 13.4. The van der Waals surface area contributed by atoms with Crippen molar-refractivity contribution in [1.29, 1.82) is 0 Å². The molecule has 4 heterocycles. The summed E-state index contributed by atoms with van der Waals surface area (Å²) in [6.07, 6.45) is 4.38. The van der Waals surface area contributed by atoms with Crippen LogP contribution in [-0.2, 0) is 45.7 Å². The lowest BCUT2D eigenvalue weighted by atomic mass is 9.83. The molecule has 0 saturated carbocycles. The Balaban J connectivity index is 1.10. The minimum Gasteiger partial charge on any atom is -0.493 e. The first-order chi connectivity index (χ1) is 32.3. The monoisotopic (exact) mass is 949 g/mol. The average Bonchev–Trinajstić information content (AvgIpc) is 4.10. The van der Waals surface area contributed by atoms with Crippen molar-refractivity contribution < 1.29 is 33.8 Å². The number of imidazole rings is 1. The van der Waals surface area contributed by atoms with E-state index in [2.05, 4.69) is 14.8 Å². The number of fused-ring (bicyclic) bond motifs is 1. The van der Waals surface area contributed by atoms with Crippen LogP contribution < -0.4 is 14.8 Å². The second kappa shape index (κ2) is 20.9. The van der Waals surface area contributed by atoms with Gasteiger partial charge < -0.3 is 39.2 Å². The molecule has 3 aliphatic rings. The van der Waals surface area contributed by atoms with Crippen LogP contribution in [0.5, 0.6) is 17.2 Å². The number of nitrogens with zero attached hydrogens (tertiary/aromatic N) is 6. The summed E-state index contributed by atoms with van der Waals surface area (Å²) in [5, 5.41) is 14.2. The highest BCUT2D eigenvalue weighted by atomic mass is 35.5. The molecule has 1 aromatic heterocycles. The predicted molar refractivity (Wildman–Crippen MR) is 256 cm³/mol. The highest BCUT2D eigenvalue weighted by Gasteiger charge is 2.42. The van der Waals surface area contributed by atoms with Crippen LogP contribution in [0.15, 0.2) is 97.2 Å². The third kappa shape index (κ3) is 10.8. The summed E-state index contributed by atoms with van der Waals surface area (Å²) in [5.74, 6) is -0.902. The first kappa shape index (κ1) is 47.6. The highest BCUT2D eigenvalue weighted by molar-refractivity contribution is 6.31. The number of likely N-dealkylation sites (tertiary alicyclic amines) is 1. The zero-order valence-electron chi connectivity index (χ0n) is 38.2. The van der Waals surface area contributed by atoms with Crippen molar-refractivity contribution in [3.63, 3.8) is 0 Å². The van der Waals surface area contributed by atoms with E-state index in [0.717, 1.165) is 47.8 Å². The van der Waals surface area contributed by atoms with E-state index in [1.54, 1.807) is 56.3 Å². The molecule has 0 radical (unpaired) electrons. The number of amides is 4. The van der Waals surface area contributed by atoms with Crippen LogP contribution in [0.2, 0.25) is 10.0 Å². The Morgan fingerprint density at radius 3 is 2.30 bits per heavy atom. The van der Waals surface area contributed by atoms with Crippen LogP contribution >= 0.6 is 23.2 Å². The Morgan fingerprint density at radius 1 is 0.851 bits per heavy atom. The molecular weight excluding hydrogens is 894 g/mol. The molecule has 2 N–H and O–H groups in total. The Bertz CT molecular complexity index is 2580. The van der Waals surface area contributed by atoms with E-state index in [4.69, 9.17) is 37.7 Å². The van der Waals surface area contributed by atoms with Gasteiger partial charge in [-0.25, -0.2) is 4.98 Å². The SMILES string of the molecule is C[C@H]1C(=O)N[C@@H](CO)C(=O)N(C)[C@H](Cc2ccc(Cl)cc2)CN(C)C(=O)[C@H]([C@H]2COc3ccccc32)CC(=O)N1Cc1ccc(Cl)cc1Oc1ccc(-c2cnc(CN3CCCC3)n2C)cc1. The number of nitrogens with one attached hydrogen (secondary N) is 1. The van der Waals surface area contributed by atoms with E-state index in [0.29, 0.717) is 39.3 Å². The van der Waals surface area contributed by atoms with Crippen LogP contribution in [0.1, 0.15) is 54.6 Å².